The highest BCUT2D eigenvalue weighted by molar-refractivity contribution is 8.00. The Balaban J connectivity index is 1.71. The van der Waals surface area contributed by atoms with E-state index in [9.17, 15) is 0 Å². The van der Waals surface area contributed by atoms with Crippen molar-refractivity contribution >= 4 is 34.7 Å². The van der Waals surface area contributed by atoms with E-state index in [1.807, 2.05) is 36.4 Å². The standard InChI is InChI=1S/C16H12ClNS2/c17-14-9-5-4-8-13(14)10-19-16-18-15(11-20-16)12-6-2-1-3-7-12/h1-9,11H,10H2. The van der Waals surface area contributed by atoms with Crippen molar-refractivity contribution in [1.29, 1.82) is 0 Å². The van der Waals surface area contributed by atoms with E-state index in [1.165, 1.54) is 0 Å². The molecule has 3 aromatic rings. The summed E-state index contributed by atoms with van der Waals surface area (Å²) < 4.78 is 1.07. The Hall–Kier alpha value is -1.29. The van der Waals surface area contributed by atoms with Gasteiger partial charge in [-0.3, -0.25) is 0 Å². The molecule has 100 valence electrons. The molecule has 0 fully saturated rings. The molecular formula is C16H12ClNS2. The van der Waals surface area contributed by atoms with E-state index >= 15 is 0 Å². The van der Waals surface area contributed by atoms with Gasteiger partial charge in [0.05, 0.1) is 5.69 Å². The summed E-state index contributed by atoms with van der Waals surface area (Å²) in [6, 6.07) is 18.2. The molecule has 4 heteroatoms. The molecule has 0 unspecified atom stereocenters. The topological polar surface area (TPSA) is 12.9 Å². The average molecular weight is 318 g/mol. The van der Waals surface area contributed by atoms with E-state index < -0.39 is 0 Å². The van der Waals surface area contributed by atoms with Crippen LogP contribution in [0.25, 0.3) is 11.3 Å². The Bertz CT molecular complexity index is 694. The van der Waals surface area contributed by atoms with Crippen LogP contribution in [0.2, 0.25) is 5.02 Å². The zero-order valence-corrected chi connectivity index (χ0v) is 13.0. The highest BCUT2D eigenvalue weighted by atomic mass is 35.5. The average Bonchev–Trinajstić information content (AvgIpc) is 2.96. The van der Waals surface area contributed by atoms with Crippen LogP contribution in [0.3, 0.4) is 0 Å². The fourth-order valence-corrected chi connectivity index (χ4v) is 3.94. The first-order chi connectivity index (χ1) is 9.83. The van der Waals surface area contributed by atoms with Gasteiger partial charge < -0.3 is 0 Å². The van der Waals surface area contributed by atoms with Crippen LogP contribution in [0.4, 0.5) is 0 Å². The maximum absolute atomic E-state index is 6.16. The van der Waals surface area contributed by atoms with E-state index in [0.29, 0.717) is 0 Å². The van der Waals surface area contributed by atoms with E-state index in [2.05, 4.69) is 28.6 Å². The van der Waals surface area contributed by atoms with Crippen LogP contribution in [0.15, 0.2) is 64.3 Å². The van der Waals surface area contributed by atoms with Crippen molar-refractivity contribution in [3.63, 3.8) is 0 Å². The SMILES string of the molecule is Clc1ccccc1CSc1nc(-c2ccccc2)cs1. The number of nitrogens with zero attached hydrogens (tertiary/aromatic N) is 1. The molecule has 20 heavy (non-hydrogen) atoms. The molecule has 0 saturated carbocycles. The van der Waals surface area contributed by atoms with Crippen molar-refractivity contribution in [3.05, 3.63) is 70.6 Å². The molecule has 0 aliphatic carbocycles. The van der Waals surface area contributed by atoms with Crippen LogP contribution < -0.4 is 0 Å². The fourth-order valence-electron chi connectivity index (χ4n) is 1.82. The molecule has 2 aromatic carbocycles. The summed E-state index contributed by atoms with van der Waals surface area (Å²) >= 11 is 9.57. The summed E-state index contributed by atoms with van der Waals surface area (Å²) in [5, 5.41) is 2.92. The number of rotatable bonds is 4. The molecule has 1 aromatic heterocycles. The minimum Gasteiger partial charge on any atom is -0.230 e. The molecular weight excluding hydrogens is 306 g/mol. The first-order valence-electron chi connectivity index (χ1n) is 6.20. The minimum atomic E-state index is 0.819. The number of halogens is 1. The van der Waals surface area contributed by atoms with Gasteiger partial charge in [0.1, 0.15) is 0 Å². The molecule has 0 bridgehead atoms. The lowest BCUT2D eigenvalue weighted by Crippen LogP contribution is -1.82. The number of thioether (sulfide) groups is 1. The zero-order chi connectivity index (χ0) is 13.8. The Labute approximate surface area is 131 Å². The Morgan fingerprint density at radius 3 is 2.55 bits per heavy atom. The first kappa shape index (κ1) is 13.7. The van der Waals surface area contributed by atoms with Crippen LogP contribution >= 0.6 is 34.7 Å². The highest BCUT2D eigenvalue weighted by Gasteiger charge is 2.06. The zero-order valence-electron chi connectivity index (χ0n) is 10.6. The summed E-state index contributed by atoms with van der Waals surface area (Å²) in [5.41, 5.74) is 3.35. The second kappa shape index (κ2) is 6.44. The van der Waals surface area contributed by atoms with Crippen LogP contribution in [-0.4, -0.2) is 4.98 Å². The molecule has 3 rings (SSSR count). The Morgan fingerprint density at radius 2 is 1.75 bits per heavy atom. The molecule has 1 heterocycles. The second-order valence-corrected chi connectivity index (χ2v) is 6.73. The lowest BCUT2D eigenvalue weighted by Gasteiger charge is -2.01. The number of hydrogen-bond donors (Lipinski definition) is 0. The van der Waals surface area contributed by atoms with Crippen LogP contribution in [-0.2, 0) is 5.75 Å². The normalized spacial score (nSPS) is 10.7. The van der Waals surface area contributed by atoms with Gasteiger partial charge in [-0.2, -0.15) is 0 Å². The molecule has 0 aliphatic rings. The van der Waals surface area contributed by atoms with Gasteiger partial charge >= 0.3 is 0 Å². The van der Waals surface area contributed by atoms with Gasteiger partial charge in [-0.1, -0.05) is 71.9 Å². The number of thiazole rings is 1. The summed E-state index contributed by atoms with van der Waals surface area (Å²) in [7, 11) is 0. The molecule has 0 spiro atoms. The van der Waals surface area contributed by atoms with Crippen LogP contribution in [0.5, 0.6) is 0 Å². The van der Waals surface area contributed by atoms with Gasteiger partial charge in [-0.25, -0.2) is 4.98 Å². The molecule has 1 nitrogen and oxygen atoms in total. The van der Waals surface area contributed by atoms with Crippen LogP contribution in [0, 0.1) is 0 Å². The lowest BCUT2D eigenvalue weighted by atomic mass is 10.2. The van der Waals surface area contributed by atoms with Gasteiger partial charge in [0.15, 0.2) is 4.34 Å². The molecule has 0 radical (unpaired) electrons. The Kier molecular flexibility index (Phi) is 4.41. The predicted octanol–water partition coefficient (Wildman–Crippen LogP) is 5.76. The number of benzene rings is 2. The van der Waals surface area contributed by atoms with Gasteiger partial charge in [0.2, 0.25) is 0 Å². The van der Waals surface area contributed by atoms with Crippen molar-refractivity contribution in [3.8, 4) is 11.3 Å². The van der Waals surface area contributed by atoms with Gasteiger partial charge in [0.25, 0.3) is 0 Å². The highest BCUT2D eigenvalue weighted by Crippen LogP contribution is 2.31. The number of aromatic nitrogens is 1. The van der Waals surface area contributed by atoms with E-state index in [0.717, 1.165) is 31.9 Å². The summed E-state index contributed by atoms with van der Waals surface area (Å²) in [5.74, 6) is 0.849. The molecule has 0 atom stereocenters. The molecule has 0 saturated heterocycles. The van der Waals surface area contributed by atoms with E-state index in [4.69, 9.17) is 11.6 Å². The van der Waals surface area contributed by atoms with E-state index in [1.54, 1.807) is 23.1 Å². The second-order valence-electron chi connectivity index (χ2n) is 4.24. The lowest BCUT2D eigenvalue weighted by molar-refractivity contribution is 1.24. The van der Waals surface area contributed by atoms with E-state index in [-0.39, 0.29) is 0 Å². The van der Waals surface area contributed by atoms with Crippen molar-refractivity contribution in [1.82, 2.24) is 4.98 Å². The summed E-state index contributed by atoms with van der Waals surface area (Å²) in [6.07, 6.45) is 0. The largest absolute Gasteiger partial charge is 0.230 e. The van der Waals surface area contributed by atoms with Gasteiger partial charge in [-0.15, -0.1) is 11.3 Å². The Morgan fingerprint density at radius 1 is 1.00 bits per heavy atom. The summed E-state index contributed by atoms with van der Waals surface area (Å²) in [4.78, 5) is 4.66. The van der Waals surface area contributed by atoms with Crippen molar-refractivity contribution < 1.29 is 0 Å². The third-order valence-electron chi connectivity index (χ3n) is 2.86. The molecule has 0 N–H and O–H groups in total. The van der Waals surface area contributed by atoms with Crippen molar-refractivity contribution in [2.75, 3.05) is 0 Å². The number of hydrogen-bond acceptors (Lipinski definition) is 3. The van der Waals surface area contributed by atoms with Gasteiger partial charge in [0, 0.05) is 21.7 Å². The minimum absolute atomic E-state index is 0.819. The summed E-state index contributed by atoms with van der Waals surface area (Å²) in [6.45, 7) is 0. The maximum atomic E-state index is 6.16. The quantitative estimate of drug-likeness (QED) is 0.568. The fraction of sp³-hybridized carbons (Fsp3) is 0.0625. The third kappa shape index (κ3) is 3.23. The smallest absolute Gasteiger partial charge is 0.150 e. The monoisotopic (exact) mass is 317 g/mol. The molecule has 0 aliphatic heterocycles. The van der Waals surface area contributed by atoms with Gasteiger partial charge in [-0.05, 0) is 11.6 Å². The first-order valence-corrected chi connectivity index (χ1v) is 8.44. The third-order valence-corrected chi connectivity index (χ3v) is 5.30. The maximum Gasteiger partial charge on any atom is 0.150 e. The van der Waals surface area contributed by atoms with Crippen molar-refractivity contribution in [2.24, 2.45) is 0 Å². The van der Waals surface area contributed by atoms with Crippen LogP contribution in [0.1, 0.15) is 5.56 Å². The van der Waals surface area contributed by atoms with Crippen molar-refractivity contribution in [2.45, 2.75) is 10.1 Å². The predicted molar refractivity (Wildman–Crippen MR) is 88.6 cm³/mol. The molecule has 0 amide bonds.